The molecule has 0 radical (unpaired) electrons. The number of aromatic hydroxyl groups is 2. The summed E-state index contributed by atoms with van der Waals surface area (Å²) in [5.74, 6) is -2.19. The highest BCUT2D eigenvalue weighted by Crippen LogP contribution is 2.52. The molecule has 2 aromatic carbocycles. The number of carbonyl (C=O) groups is 4. The predicted molar refractivity (Wildman–Crippen MR) is 191 cm³/mol. The first-order chi connectivity index (χ1) is 25.2. The number of nitrogens with one attached hydrogen (secondary N) is 2. The number of nitrogens with two attached hydrogens (primary N) is 1. The van der Waals surface area contributed by atoms with Gasteiger partial charge in [0, 0.05) is 53.4 Å². The number of thioether (sulfide) groups is 1. The lowest BCUT2D eigenvalue weighted by Gasteiger charge is -2.42. The molecule has 2 aliphatic carbocycles. The molecule has 0 bridgehead atoms. The molecule has 1 amide bonds. The summed E-state index contributed by atoms with van der Waals surface area (Å²) in [6, 6.07) is 4.04. The summed E-state index contributed by atoms with van der Waals surface area (Å²) in [5.41, 5.74) is 2.54. The molecule has 2 unspecified atom stereocenters. The number of aliphatic hydroxyl groups is 2. The van der Waals surface area contributed by atoms with E-state index in [2.05, 4.69) is 15.6 Å². The molecule has 0 aromatic heterocycles. The first-order valence-corrected chi connectivity index (χ1v) is 18.9. The zero-order valence-electron chi connectivity index (χ0n) is 29.6. The summed E-state index contributed by atoms with van der Waals surface area (Å²) in [5, 5.41) is 52.2. The van der Waals surface area contributed by atoms with Crippen molar-refractivity contribution in [3.63, 3.8) is 0 Å². The van der Waals surface area contributed by atoms with E-state index in [-0.39, 0.29) is 65.3 Å². The van der Waals surface area contributed by atoms with Gasteiger partial charge in [-0.1, -0.05) is 18.6 Å². The van der Waals surface area contributed by atoms with Crippen molar-refractivity contribution in [2.24, 2.45) is 10.7 Å². The summed E-state index contributed by atoms with van der Waals surface area (Å²) in [6.07, 6.45) is -2.65. The number of nitrogens with zero attached hydrogens (tertiary/aromatic N) is 1. The lowest BCUT2D eigenvalue weighted by molar-refractivity contribution is -0.249. The molecule has 5 aliphatic rings. The maximum atomic E-state index is 13.9. The molecule has 3 aliphatic heterocycles. The summed E-state index contributed by atoms with van der Waals surface area (Å²) in [7, 11) is 1.34. The van der Waals surface area contributed by atoms with Gasteiger partial charge in [-0.05, 0) is 32.8 Å². The zero-order valence-corrected chi connectivity index (χ0v) is 30.4. The van der Waals surface area contributed by atoms with Crippen LogP contribution in [0.4, 0.5) is 0 Å². The number of carbonyl (C=O) groups excluding carboxylic acids is 4. The van der Waals surface area contributed by atoms with E-state index in [1.54, 1.807) is 6.92 Å². The van der Waals surface area contributed by atoms with E-state index < -0.39 is 82.6 Å². The van der Waals surface area contributed by atoms with Crippen LogP contribution in [0.5, 0.6) is 17.2 Å². The number of Topliss-reactive ketones (excluding diaryl/α,β-unsaturated/α-hetero) is 1. The third-order valence-electron chi connectivity index (χ3n) is 11.1. The van der Waals surface area contributed by atoms with Crippen molar-refractivity contribution in [2.75, 3.05) is 12.9 Å². The second kappa shape index (κ2) is 14.2. The molecule has 9 atom stereocenters. The number of phenolic OH excluding ortho intramolecular Hbond substituents is 2. The number of phenols is 2. The Balaban J connectivity index is 1.09. The second-order valence-corrected chi connectivity index (χ2v) is 15.8. The van der Waals surface area contributed by atoms with E-state index in [1.165, 1.54) is 32.2 Å². The van der Waals surface area contributed by atoms with Crippen molar-refractivity contribution in [1.82, 2.24) is 10.6 Å². The van der Waals surface area contributed by atoms with E-state index >= 15 is 0 Å². The number of benzene rings is 2. The molecule has 7 rings (SSSR count). The first-order valence-electron chi connectivity index (χ1n) is 17.8. The smallest absolute Gasteiger partial charge is 0.220 e. The Morgan fingerprint density at radius 2 is 1.91 bits per heavy atom. The summed E-state index contributed by atoms with van der Waals surface area (Å²) < 4.78 is 17.6. The average molecular weight is 753 g/mol. The van der Waals surface area contributed by atoms with Crippen molar-refractivity contribution >= 4 is 41.0 Å². The standard InChI is InChI=1S/C37H44N4O11S/c1-15-31(44)19(39-24(43)10-5-4-9-23-30-20(14-53-23)40-36(38)41-30)11-25(51-15)52-22-13-37(49,16(2)42)12-18-27(22)35(48)29-28(33(18)46)32(45)17-7-6-8-21(50-3)26(17)34(29)47/h6-8,15,19-20,22-23,25,30-31,44,46,48-49H,4-5,9-14H2,1-3H3,(H,39,43)(H3,38,40,41)/t15-,19+,20-,22?,23-,25+,30-,31-,37?/m0/s1. The van der Waals surface area contributed by atoms with Gasteiger partial charge in [0.05, 0.1) is 54.1 Å². The lowest BCUT2D eigenvalue weighted by atomic mass is 9.72. The van der Waals surface area contributed by atoms with Crippen molar-refractivity contribution in [3.05, 3.63) is 51.6 Å². The second-order valence-electron chi connectivity index (χ2n) is 14.5. The number of guanidine groups is 1. The van der Waals surface area contributed by atoms with Gasteiger partial charge >= 0.3 is 0 Å². The molecule has 3 heterocycles. The highest BCUT2D eigenvalue weighted by atomic mass is 32.2. The van der Waals surface area contributed by atoms with Crippen LogP contribution in [0.2, 0.25) is 0 Å². The number of fused-ring (bicyclic) bond motifs is 4. The molecule has 15 nitrogen and oxygen atoms in total. The highest BCUT2D eigenvalue weighted by molar-refractivity contribution is 8.00. The van der Waals surface area contributed by atoms with Gasteiger partial charge in [-0.3, -0.25) is 19.2 Å². The van der Waals surface area contributed by atoms with Gasteiger partial charge in [0.1, 0.15) is 29.0 Å². The minimum Gasteiger partial charge on any atom is -0.507 e. The number of ether oxygens (including phenoxy) is 3. The van der Waals surface area contributed by atoms with Crippen molar-refractivity contribution in [3.8, 4) is 17.2 Å². The maximum Gasteiger partial charge on any atom is 0.220 e. The van der Waals surface area contributed by atoms with Gasteiger partial charge in [0.2, 0.25) is 11.7 Å². The molecule has 53 heavy (non-hydrogen) atoms. The molecule has 0 spiro atoms. The van der Waals surface area contributed by atoms with Gasteiger partial charge in [-0.25, -0.2) is 4.99 Å². The molecule has 2 fully saturated rings. The molecule has 284 valence electrons. The number of unbranched alkanes of at least 4 members (excludes halogenated alkanes) is 1. The number of rotatable bonds is 10. The normalized spacial score (nSPS) is 31.5. The third kappa shape index (κ3) is 6.54. The molecule has 0 saturated carbocycles. The van der Waals surface area contributed by atoms with Crippen LogP contribution in [-0.2, 0) is 25.5 Å². The topological polar surface area (TPSA) is 239 Å². The largest absolute Gasteiger partial charge is 0.507 e. The Bertz CT molecular complexity index is 1900. The summed E-state index contributed by atoms with van der Waals surface area (Å²) in [6.45, 7) is 2.78. The molecule has 16 heteroatoms. The van der Waals surface area contributed by atoms with E-state index in [0.717, 1.165) is 18.6 Å². The van der Waals surface area contributed by atoms with E-state index in [0.29, 0.717) is 17.6 Å². The first kappa shape index (κ1) is 37.1. The van der Waals surface area contributed by atoms with Gasteiger partial charge in [-0.2, -0.15) is 11.8 Å². The lowest BCUT2D eigenvalue weighted by Crippen LogP contribution is -2.55. The Morgan fingerprint density at radius 1 is 1.15 bits per heavy atom. The van der Waals surface area contributed by atoms with Crippen molar-refractivity contribution < 1.29 is 53.8 Å². The predicted octanol–water partition coefficient (Wildman–Crippen LogP) is 1.52. The molecule has 8 N–H and O–H groups in total. The maximum absolute atomic E-state index is 13.9. The molecule has 2 aromatic rings. The van der Waals surface area contributed by atoms with Crippen LogP contribution in [-0.4, -0.2) is 110 Å². The minimum absolute atomic E-state index is 0.0323. The van der Waals surface area contributed by atoms with Crippen LogP contribution < -0.4 is 21.1 Å². The van der Waals surface area contributed by atoms with Crippen molar-refractivity contribution in [1.29, 1.82) is 0 Å². The fraction of sp³-hybridized carbons (Fsp3) is 0.541. The fourth-order valence-electron chi connectivity index (χ4n) is 8.30. The Hall–Kier alpha value is -4.22. The molecule has 2 saturated heterocycles. The van der Waals surface area contributed by atoms with Gasteiger partial charge in [-0.15, -0.1) is 0 Å². The molecular weight excluding hydrogens is 708 g/mol. The van der Waals surface area contributed by atoms with E-state index in [1.807, 2.05) is 11.8 Å². The Labute approximate surface area is 309 Å². The van der Waals surface area contributed by atoms with Crippen LogP contribution in [0.1, 0.15) is 101 Å². The number of methoxy groups -OCH3 is 1. The van der Waals surface area contributed by atoms with Crippen LogP contribution in [0.15, 0.2) is 23.2 Å². The van der Waals surface area contributed by atoms with Crippen LogP contribution in [0.3, 0.4) is 0 Å². The monoisotopic (exact) mass is 752 g/mol. The quantitative estimate of drug-likeness (QED) is 0.115. The number of hydrogen-bond acceptors (Lipinski definition) is 15. The number of ketones is 3. The van der Waals surface area contributed by atoms with E-state index in [9.17, 15) is 39.6 Å². The Kier molecular flexibility index (Phi) is 9.95. The summed E-state index contributed by atoms with van der Waals surface area (Å²) >= 11 is 1.86. The summed E-state index contributed by atoms with van der Waals surface area (Å²) in [4.78, 5) is 58.0. The van der Waals surface area contributed by atoms with Gasteiger partial charge < -0.3 is 51.0 Å². The fourth-order valence-corrected chi connectivity index (χ4v) is 9.82. The van der Waals surface area contributed by atoms with Gasteiger partial charge in [0.25, 0.3) is 0 Å². The number of aliphatic hydroxyl groups excluding tert-OH is 1. The third-order valence-corrected chi connectivity index (χ3v) is 12.6. The zero-order chi connectivity index (χ0) is 37.9. The SMILES string of the molecule is COc1cccc2c1C(=O)c1c(O)c3c(c(O)c1C2=O)CC(O)(C(C)=O)CC3O[C@@H]1C[C@@H](NC(=O)CCCC[C@@H]2SC[C@@H]3NC(N)=N[C@@H]32)[C@@H](O)[C@H](C)O1. The minimum atomic E-state index is -2.07. The highest BCUT2D eigenvalue weighted by Gasteiger charge is 2.50. The molecular formula is C37H44N4O11S. The average Bonchev–Trinajstić information content (AvgIpc) is 3.67. The van der Waals surface area contributed by atoms with Gasteiger partial charge in [0.15, 0.2) is 23.8 Å². The van der Waals surface area contributed by atoms with Crippen LogP contribution >= 0.6 is 11.8 Å². The Morgan fingerprint density at radius 3 is 2.64 bits per heavy atom. The van der Waals surface area contributed by atoms with Crippen LogP contribution in [0, 0.1) is 0 Å². The number of hydrogen-bond donors (Lipinski definition) is 7. The van der Waals surface area contributed by atoms with E-state index in [4.69, 9.17) is 19.9 Å². The van der Waals surface area contributed by atoms with Crippen molar-refractivity contribution in [2.45, 2.75) is 112 Å². The number of aliphatic imine (C=N–C) groups is 1. The number of amides is 1. The van der Waals surface area contributed by atoms with Crippen LogP contribution in [0.25, 0.3) is 0 Å².